The van der Waals surface area contributed by atoms with Crippen LogP contribution in [0.3, 0.4) is 0 Å². The smallest absolute Gasteiger partial charge is 0.295 e. The molecule has 3 rings (SSSR count). The van der Waals surface area contributed by atoms with Gasteiger partial charge < -0.3 is 4.90 Å². The summed E-state index contributed by atoms with van der Waals surface area (Å²) in [5, 5.41) is 0.196. The summed E-state index contributed by atoms with van der Waals surface area (Å²) in [6.45, 7) is 6.01. The number of fused-ring (bicyclic) bond motifs is 1. The molecule has 0 fully saturated rings. The highest BCUT2D eigenvalue weighted by atomic mass is 35.5. The third kappa shape index (κ3) is 3.58. The lowest BCUT2D eigenvalue weighted by molar-refractivity contribution is 0.0717. The van der Waals surface area contributed by atoms with E-state index in [1.165, 1.54) is 28.9 Å². The zero-order chi connectivity index (χ0) is 20.6. The normalized spacial score (nSPS) is 11.6. The van der Waals surface area contributed by atoms with E-state index in [9.17, 15) is 18.0 Å². The minimum Gasteiger partial charge on any atom is -0.336 e. The first-order chi connectivity index (χ1) is 13.2. The first-order valence-corrected chi connectivity index (χ1v) is 9.17. The molecule has 0 N–H and O–H groups in total. The van der Waals surface area contributed by atoms with Crippen LogP contribution in [0.4, 0.5) is 13.2 Å². The van der Waals surface area contributed by atoms with Crippen LogP contribution in [-0.4, -0.2) is 32.8 Å². The van der Waals surface area contributed by atoms with E-state index >= 15 is 0 Å². The van der Waals surface area contributed by atoms with Gasteiger partial charge in [-0.3, -0.25) is 9.20 Å². The molecular weight excluding hydrogens is 391 g/mol. The van der Waals surface area contributed by atoms with Gasteiger partial charge in [0.1, 0.15) is 5.82 Å². The highest BCUT2D eigenvalue weighted by Gasteiger charge is 2.24. The van der Waals surface area contributed by atoms with Gasteiger partial charge in [-0.2, -0.15) is 0 Å². The van der Waals surface area contributed by atoms with Crippen molar-refractivity contribution < 1.29 is 18.0 Å². The third-order valence-electron chi connectivity index (χ3n) is 4.56. The number of carbonyl (C=O) groups excluding carboxylic acids is 1. The van der Waals surface area contributed by atoms with Crippen LogP contribution in [-0.2, 0) is 0 Å². The number of alkyl halides is 2. The Morgan fingerprint density at radius 1 is 1.25 bits per heavy atom. The maximum Gasteiger partial charge on any atom is 0.295 e. The van der Waals surface area contributed by atoms with Gasteiger partial charge in [0, 0.05) is 24.3 Å². The second kappa shape index (κ2) is 7.83. The molecule has 0 atom stereocenters. The Morgan fingerprint density at radius 2 is 1.96 bits per heavy atom. The molecule has 1 aromatic carbocycles. The molecule has 3 aromatic rings. The molecule has 0 spiro atoms. The average molecular weight is 410 g/mol. The summed E-state index contributed by atoms with van der Waals surface area (Å²) < 4.78 is 41.7. The minimum absolute atomic E-state index is 0.0894. The van der Waals surface area contributed by atoms with E-state index in [1.54, 1.807) is 11.0 Å². The van der Waals surface area contributed by atoms with Crippen LogP contribution >= 0.6 is 11.6 Å². The van der Waals surface area contributed by atoms with Crippen molar-refractivity contribution in [2.24, 2.45) is 0 Å². The summed E-state index contributed by atoms with van der Waals surface area (Å²) in [6, 6.07) is 5.30. The van der Waals surface area contributed by atoms with Crippen LogP contribution < -0.4 is 0 Å². The lowest BCUT2D eigenvalue weighted by Gasteiger charge is -2.26. The number of halogens is 4. The number of imidazole rings is 1. The predicted molar refractivity (Wildman–Crippen MR) is 102 cm³/mol. The second-order valence-electron chi connectivity index (χ2n) is 6.62. The molecule has 0 aliphatic carbocycles. The number of nitrogens with zero attached hydrogens (tertiary/aromatic N) is 3. The Morgan fingerprint density at radius 3 is 2.57 bits per heavy atom. The molecule has 8 heteroatoms. The number of pyridine rings is 1. The summed E-state index contributed by atoms with van der Waals surface area (Å²) >= 11 is 6.15. The van der Waals surface area contributed by atoms with Crippen molar-refractivity contribution in [2.45, 2.75) is 33.2 Å². The molecule has 4 nitrogen and oxygen atoms in total. The fourth-order valence-corrected chi connectivity index (χ4v) is 3.49. The SMILES string of the molecule is CCN(C(=O)c1cc(F)ccc1-c1cc(Cl)cn2c(C(F)F)ncc12)C(C)C. The minimum atomic E-state index is -2.79. The summed E-state index contributed by atoms with van der Waals surface area (Å²) in [7, 11) is 0. The second-order valence-corrected chi connectivity index (χ2v) is 7.06. The van der Waals surface area contributed by atoms with Gasteiger partial charge in [-0.15, -0.1) is 0 Å². The number of rotatable bonds is 5. The monoisotopic (exact) mass is 409 g/mol. The van der Waals surface area contributed by atoms with E-state index in [4.69, 9.17) is 11.6 Å². The number of hydrogen-bond donors (Lipinski definition) is 0. The highest BCUT2D eigenvalue weighted by Crippen LogP contribution is 2.34. The van der Waals surface area contributed by atoms with Crippen LogP contribution in [0.25, 0.3) is 16.6 Å². The molecule has 1 amide bonds. The number of aromatic nitrogens is 2. The van der Waals surface area contributed by atoms with Crippen molar-refractivity contribution >= 4 is 23.0 Å². The van der Waals surface area contributed by atoms with Gasteiger partial charge in [-0.1, -0.05) is 17.7 Å². The molecule has 0 unspecified atom stereocenters. The predicted octanol–water partition coefficient (Wildman–Crippen LogP) is 5.60. The number of carbonyl (C=O) groups is 1. The molecule has 0 aliphatic heterocycles. The Hall–Kier alpha value is -2.54. The molecule has 0 radical (unpaired) electrons. The molecule has 148 valence electrons. The van der Waals surface area contributed by atoms with Gasteiger partial charge in [0.15, 0.2) is 5.82 Å². The van der Waals surface area contributed by atoms with E-state index < -0.39 is 18.1 Å². The van der Waals surface area contributed by atoms with Gasteiger partial charge in [-0.05, 0) is 44.5 Å². The first kappa shape index (κ1) is 20.2. The van der Waals surface area contributed by atoms with Gasteiger partial charge in [0.2, 0.25) is 0 Å². The molecule has 2 heterocycles. The maximum absolute atomic E-state index is 14.0. The Kier molecular flexibility index (Phi) is 5.65. The molecular formula is C20H19ClF3N3O. The summed E-state index contributed by atoms with van der Waals surface area (Å²) in [6.07, 6.45) is -0.156. The topological polar surface area (TPSA) is 37.6 Å². The molecule has 0 aliphatic rings. The maximum atomic E-state index is 14.0. The van der Waals surface area contributed by atoms with Gasteiger partial charge in [0.25, 0.3) is 12.3 Å². The van der Waals surface area contributed by atoms with Gasteiger partial charge in [-0.25, -0.2) is 18.2 Å². The fraction of sp³-hybridized carbons (Fsp3) is 0.300. The van der Waals surface area contributed by atoms with Crippen molar-refractivity contribution in [1.82, 2.24) is 14.3 Å². The van der Waals surface area contributed by atoms with Crippen molar-refractivity contribution in [2.75, 3.05) is 6.54 Å². The summed E-state index contributed by atoms with van der Waals surface area (Å²) in [5.74, 6) is -1.36. The Labute approximate surface area is 165 Å². The van der Waals surface area contributed by atoms with Crippen LogP contribution in [0.1, 0.15) is 43.4 Å². The number of hydrogen-bond acceptors (Lipinski definition) is 2. The van der Waals surface area contributed by atoms with Crippen LogP contribution in [0, 0.1) is 5.82 Å². The van der Waals surface area contributed by atoms with Crippen molar-refractivity contribution in [3.05, 3.63) is 58.9 Å². The Bertz CT molecular complexity index is 1030. The molecule has 0 bridgehead atoms. The number of benzene rings is 1. The van der Waals surface area contributed by atoms with E-state index in [0.29, 0.717) is 23.2 Å². The summed E-state index contributed by atoms with van der Waals surface area (Å²) in [5.41, 5.74) is 1.32. The third-order valence-corrected chi connectivity index (χ3v) is 4.77. The average Bonchev–Trinajstić information content (AvgIpc) is 3.05. The van der Waals surface area contributed by atoms with Gasteiger partial charge in [0.05, 0.1) is 22.3 Å². The summed E-state index contributed by atoms with van der Waals surface area (Å²) in [4.78, 5) is 18.5. The first-order valence-electron chi connectivity index (χ1n) is 8.80. The van der Waals surface area contributed by atoms with E-state index in [0.717, 1.165) is 6.07 Å². The lowest BCUT2D eigenvalue weighted by atomic mass is 9.98. The molecule has 0 saturated carbocycles. The molecule has 0 saturated heterocycles. The van der Waals surface area contributed by atoms with Crippen LogP contribution in [0.2, 0.25) is 5.02 Å². The lowest BCUT2D eigenvalue weighted by Crippen LogP contribution is -2.37. The zero-order valence-electron chi connectivity index (χ0n) is 15.6. The molecule has 2 aromatic heterocycles. The van der Waals surface area contributed by atoms with Crippen molar-refractivity contribution in [1.29, 1.82) is 0 Å². The van der Waals surface area contributed by atoms with Gasteiger partial charge >= 0.3 is 0 Å². The van der Waals surface area contributed by atoms with Crippen molar-refractivity contribution in [3.63, 3.8) is 0 Å². The quantitative estimate of drug-likeness (QED) is 0.550. The number of amides is 1. The van der Waals surface area contributed by atoms with E-state index in [2.05, 4.69) is 4.98 Å². The van der Waals surface area contributed by atoms with E-state index in [-0.39, 0.29) is 22.5 Å². The van der Waals surface area contributed by atoms with Crippen LogP contribution in [0.5, 0.6) is 0 Å². The Balaban J connectivity index is 2.27. The van der Waals surface area contributed by atoms with Crippen LogP contribution in [0.15, 0.2) is 36.7 Å². The largest absolute Gasteiger partial charge is 0.336 e. The zero-order valence-corrected chi connectivity index (χ0v) is 16.3. The fourth-order valence-electron chi connectivity index (χ4n) is 3.29. The molecule has 28 heavy (non-hydrogen) atoms. The van der Waals surface area contributed by atoms with Crippen molar-refractivity contribution in [3.8, 4) is 11.1 Å². The highest BCUT2D eigenvalue weighted by molar-refractivity contribution is 6.31. The standard InChI is InChI=1S/C20H19ClF3N3O/c1-4-26(11(2)3)20(28)16-8-13(22)5-6-14(16)15-7-12(21)10-27-17(15)9-25-19(27)18(23)24/h5-11,18H,4H2,1-3H3. The van der Waals surface area contributed by atoms with E-state index in [1.807, 2.05) is 20.8 Å².